The van der Waals surface area contributed by atoms with Gasteiger partial charge >= 0.3 is 0 Å². The van der Waals surface area contributed by atoms with Crippen molar-refractivity contribution in [2.75, 3.05) is 5.32 Å². The molecular formula is C14H14N6OS2. The largest absolute Gasteiger partial charge is 0.296 e. The zero-order valence-corrected chi connectivity index (χ0v) is 14.1. The standard InChI is InChI=1S/C14H14N6OS2/c1-9(2)22-14-19-18-13(23-14)17-12(21)10-5-3-4-6-11(10)20-7-15-16-8-20/h3-9H,1-2H3,(H,17,18,21). The molecule has 0 saturated heterocycles. The number of nitrogens with zero attached hydrogens (tertiary/aromatic N) is 5. The number of hydrogen-bond acceptors (Lipinski definition) is 7. The van der Waals surface area contributed by atoms with Gasteiger partial charge in [-0.25, -0.2) is 0 Å². The molecule has 7 nitrogen and oxygen atoms in total. The minimum Gasteiger partial charge on any atom is -0.296 e. The van der Waals surface area contributed by atoms with Crippen LogP contribution in [-0.2, 0) is 0 Å². The van der Waals surface area contributed by atoms with Gasteiger partial charge in [-0.15, -0.1) is 20.4 Å². The van der Waals surface area contributed by atoms with Gasteiger partial charge in [0.15, 0.2) is 4.34 Å². The third-order valence-electron chi connectivity index (χ3n) is 2.81. The van der Waals surface area contributed by atoms with Crippen LogP contribution in [0, 0.1) is 0 Å². The smallest absolute Gasteiger partial charge is 0.259 e. The molecule has 0 fully saturated rings. The van der Waals surface area contributed by atoms with Crippen LogP contribution in [0.4, 0.5) is 5.13 Å². The van der Waals surface area contributed by atoms with E-state index in [0.29, 0.717) is 21.6 Å². The number of anilines is 1. The van der Waals surface area contributed by atoms with E-state index in [1.54, 1.807) is 35.0 Å². The Kier molecular flexibility index (Phi) is 4.68. The zero-order chi connectivity index (χ0) is 16.2. The molecule has 0 aliphatic heterocycles. The maximum absolute atomic E-state index is 12.5. The molecule has 3 rings (SSSR count). The minimum atomic E-state index is -0.244. The lowest BCUT2D eigenvalue weighted by Crippen LogP contribution is -2.14. The molecule has 0 aliphatic carbocycles. The lowest BCUT2D eigenvalue weighted by molar-refractivity contribution is 0.102. The molecule has 9 heteroatoms. The summed E-state index contributed by atoms with van der Waals surface area (Å²) in [5.41, 5.74) is 1.22. The van der Waals surface area contributed by atoms with Crippen LogP contribution in [0.2, 0.25) is 0 Å². The number of carbonyl (C=O) groups excluding carboxylic acids is 1. The van der Waals surface area contributed by atoms with Gasteiger partial charge in [-0.3, -0.25) is 14.7 Å². The number of amides is 1. The van der Waals surface area contributed by atoms with Crippen LogP contribution in [0.5, 0.6) is 0 Å². The van der Waals surface area contributed by atoms with Gasteiger partial charge in [0, 0.05) is 5.25 Å². The second-order valence-electron chi connectivity index (χ2n) is 4.88. The molecule has 2 aromatic heterocycles. The van der Waals surface area contributed by atoms with E-state index in [4.69, 9.17) is 0 Å². The molecular weight excluding hydrogens is 332 g/mol. The van der Waals surface area contributed by atoms with Gasteiger partial charge in [0.25, 0.3) is 5.91 Å². The molecule has 0 spiro atoms. The zero-order valence-electron chi connectivity index (χ0n) is 12.5. The maximum atomic E-state index is 12.5. The van der Waals surface area contributed by atoms with Crippen molar-refractivity contribution in [2.45, 2.75) is 23.4 Å². The predicted octanol–water partition coefficient (Wildman–Crippen LogP) is 2.87. The van der Waals surface area contributed by atoms with Crippen molar-refractivity contribution in [1.29, 1.82) is 0 Å². The summed E-state index contributed by atoms with van der Waals surface area (Å²) in [6.45, 7) is 4.17. The molecule has 0 unspecified atom stereocenters. The molecule has 0 atom stereocenters. The fraction of sp³-hybridized carbons (Fsp3) is 0.214. The number of aromatic nitrogens is 5. The van der Waals surface area contributed by atoms with Gasteiger partial charge in [-0.05, 0) is 12.1 Å². The summed E-state index contributed by atoms with van der Waals surface area (Å²) in [5, 5.41) is 19.3. The first-order valence-electron chi connectivity index (χ1n) is 6.89. The number of carbonyl (C=O) groups is 1. The molecule has 23 heavy (non-hydrogen) atoms. The topological polar surface area (TPSA) is 85.6 Å². The van der Waals surface area contributed by atoms with Gasteiger partial charge in [0.1, 0.15) is 12.7 Å². The fourth-order valence-electron chi connectivity index (χ4n) is 1.89. The summed E-state index contributed by atoms with van der Waals surface area (Å²) in [6.07, 6.45) is 3.10. The summed E-state index contributed by atoms with van der Waals surface area (Å²) >= 11 is 2.98. The van der Waals surface area contributed by atoms with Crippen LogP contribution in [0.1, 0.15) is 24.2 Å². The van der Waals surface area contributed by atoms with Crippen molar-refractivity contribution >= 4 is 34.1 Å². The maximum Gasteiger partial charge on any atom is 0.259 e. The van der Waals surface area contributed by atoms with Crippen LogP contribution >= 0.6 is 23.1 Å². The Labute approximate surface area is 141 Å². The van der Waals surface area contributed by atoms with Gasteiger partial charge in [-0.1, -0.05) is 49.1 Å². The quantitative estimate of drug-likeness (QED) is 0.565. The average Bonchev–Trinajstić information content (AvgIpc) is 3.18. The van der Waals surface area contributed by atoms with Gasteiger partial charge < -0.3 is 0 Å². The number of rotatable bonds is 5. The van der Waals surface area contributed by atoms with E-state index in [1.165, 1.54) is 11.3 Å². The molecule has 0 radical (unpaired) electrons. The number of thioether (sulfide) groups is 1. The van der Waals surface area contributed by atoms with Crippen molar-refractivity contribution in [3.05, 3.63) is 42.5 Å². The summed E-state index contributed by atoms with van der Waals surface area (Å²) in [5.74, 6) is -0.244. The second-order valence-corrected chi connectivity index (χ2v) is 7.68. The summed E-state index contributed by atoms with van der Waals surface area (Å²) in [7, 11) is 0. The lowest BCUT2D eigenvalue weighted by atomic mass is 10.1. The first-order chi connectivity index (χ1) is 11.1. The number of benzene rings is 1. The summed E-state index contributed by atoms with van der Waals surface area (Å²) < 4.78 is 2.53. The Bertz CT molecular complexity index is 799. The Morgan fingerprint density at radius 3 is 2.70 bits per heavy atom. The van der Waals surface area contributed by atoms with Crippen molar-refractivity contribution in [3.63, 3.8) is 0 Å². The van der Waals surface area contributed by atoms with Crippen molar-refractivity contribution in [2.24, 2.45) is 0 Å². The molecule has 1 aromatic carbocycles. The van der Waals surface area contributed by atoms with E-state index < -0.39 is 0 Å². The van der Waals surface area contributed by atoms with E-state index in [0.717, 1.165) is 4.34 Å². The highest BCUT2D eigenvalue weighted by atomic mass is 32.2. The van der Waals surface area contributed by atoms with Gasteiger partial charge in [-0.2, -0.15) is 0 Å². The lowest BCUT2D eigenvalue weighted by Gasteiger charge is -2.08. The number of hydrogen-bond donors (Lipinski definition) is 1. The fourth-order valence-corrected chi connectivity index (χ4v) is 3.86. The van der Waals surface area contributed by atoms with Crippen molar-refractivity contribution < 1.29 is 4.79 Å². The van der Waals surface area contributed by atoms with Crippen LogP contribution in [0.3, 0.4) is 0 Å². The Hall–Kier alpha value is -2.26. The molecule has 0 aliphatic rings. The third kappa shape index (κ3) is 3.74. The van der Waals surface area contributed by atoms with E-state index in [1.807, 2.05) is 18.2 Å². The molecule has 118 valence electrons. The highest BCUT2D eigenvalue weighted by molar-refractivity contribution is 8.01. The molecule has 0 bridgehead atoms. The Balaban J connectivity index is 1.80. The second kappa shape index (κ2) is 6.88. The normalized spacial score (nSPS) is 10.9. The average molecular weight is 346 g/mol. The third-order valence-corrected chi connectivity index (χ3v) is 4.74. The van der Waals surface area contributed by atoms with Crippen molar-refractivity contribution in [1.82, 2.24) is 25.0 Å². The highest BCUT2D eigenvalue weighted by Crippen LogP contribution is 2.28. The van der Waals surface area contributed by atoms with Crippen LogP contribution in [0.25, 0.3) is 5.69 Å². The monoisotopic (exact) mass is 346 g/mol. The number of nitrogens with one attached hydrogen (secondary N) is 1. The van der Waals surface area contributed by atoms with E-state index in [-0.39, 0.29) is 5.91 Å². The Morgan fingerprint density at radius 1 is 1.22 bits per heavy atom. The van der Waals surface area contributed by atoms with E-state index in [9.17, 15) is 4.79 Å². The van der Waals surface area contributed by atoms with Gasteiger partial charge in [0.05, 0.1) is 11.3 Å². The first-order valence-corrected chi connectivity index (χ1v) is 8.58. The van der Waals surface area contributed by atoms with Gasteiger partial charge in [0.2, 0.25) is 5.13 Å². The molecule has 1 amide bonds. The van der Waals surface area contributed by atoms with E-state index in [2.05, 4.69) is 39.6 Å². The first kappa shape index (κ1) is 15.6. The predicted molar refractivity (Wildman–Crippen MR) is 90.2 cm³/mol. The highest BCUT2D eigenvalue weighted by Gasteiger charge is 2.15. The molecule has 3 aromatic rings. The summed E-state index contributed by atoms with van der Waals surface area (Å²) in [4.78, 5) is 12.5. The van der Waals surface area contributed by atoms with Crippen LogP contribution in [-0.4, -0.2) is 36.1 Å². The number of para-hydroxylation sites is 1. The van der Waals surface area contributed by atoms with Crippen LogP contribution in [0.15, 0.2) is 41.3 Å². The minimum absolute atomic E-state index is 0.244. The summed E-state index contributed by atoms with van der Waals surface area (Å²) in [6, 6.07) is 7.24. The molecule has 2 heterocycles. The SMILES string of the molecule is CC(C)Sc1nnc(NC(=O)c2ccccc2-n2cnnc2)s1. The van der Waals surface area contributed by atoms with Crippen LogP contribution < -0.4 is 5.32 Å². The van der Waals surface area contributed by atoms with Crippen molar-refractivity contribution in [3.8, 4) is 5.69 Å². The Morgan fingerprint density at radius 2 is 1.96 bits per heavy atom. The van der Waals surface area contributed by atoms with E-state index >= 15 is 0 Å². The molecule has 0 saturated carbocycles. The molecule has 1 N–H and O–H groups in total.